The summed E-state index contributed by atoms with van der Waals surface area (Å²) in [6, 6.07) is 14.8. The zero-order valence-corrected chi connectivity index (χ0v) is 22.9. The molecule has 0 aliphatic rings. The number of rotatable bonds is 12. The molecule has 0 bridgehead atoms. The minimum Gasteiger partial charge on any atom is -0.497 e. The Hall–Kier alpha value is -3.90. The predicted molar refractivity (Wildman–Crippen MR) is 151 cm³/mol. The van der Waals surface area contributed by atoms with Crippen LogP contribution in [-0.2, 0) is 6.54 Å². The number of aromatic nitrogens is 3. The normalized spacial score (nSPS) is 10.8. The first-order chi connectivity index (χ1) is 18.0. The van der Waals surface area contributed by atoms with Crippen molar-refractivity contribution in [1.29, 1.82) is 0 Å². The maximum absolute atomic E-state index is 5.78. The second-order valence-electron chi connectivity index (χ2n) is 7.37. The Balaban J connectivity index is 1.56. The van der Waals surface area contributed by atoms with Crippen molar-refractivity contribution in [3.05, 3.63) is 87.7 Å². The zero-order valence-electron chi connectivity index (χ0n) is 19.7. The molecule has 0 atom stereocenters. The van der Waals surface area contributed by atoms with Crippen LogP contribution in [0.1, 0.15) is 11.3 Å². The van der Waals surface area contributed by atoms with Crippen LogP contribution >= 0.6 is 31.9 Å². The molecular formula is C25H23Br2N7O3. The maximum Gasteiger partial charge on any atom is 0.250 e. The van der Waals surface area contributed by atoms with Crippen molar-refractivity contribution < 1.29 is 13.9 Å². The van der Waals surface area contributed by atoms with Gasteiger partial charge in [-0.3, -0.25) is 0 Å². The molecule has 37 heavy (non-hydrogen) atoms. The molecule has 2 heterocycles. The van der Waals surface area contributed by atoms with Crippen LogP contribution in [0, 0.1) is 0 Å². The molecule has 3 N–H and O–H groups in total. The van der Waals surface area contributed by atoms with Crippen molar-refractivity contribution in [2.45, 2.75) is 6.54 Å². The lowest BCUT2D eigenvalue weighted by atomic mass is 10.2. The first-order valence-electron chi connectivity index (χ1n) is 11.0. The van der Waals surface area contributed by atoms with Gasteiger partial charge in [0, 0.05) is 15.7 Å². The van der Waals surface area contributed by atoms with Crippen molar-refractivity contribution in [3.8, 4) is 11.5 Å². The van der Waals surface area contributed by atoms with E-state index in [-0.39, 0.29) is 5.95 Å². The first-order valence-corrected chi connectivity index (χ1v) is 12.6. The van der Waals surface area contributed by atoms with E-state index in [1.807, 2.05) is 48.5 Å². The topological polar surface area (TPSA) is 119 Å². The lowest BCUT2D eigenvalue weighted by molar-refractivity contribution is 0.360. The molecule has 0 radical (unpaired) electrons. The molecule has 0 aliphatic carbocycles. The summed E-state index contributed by atoms with van der Waals surface area (Å²) in [5, 5.41) is 10.6. The van der Waals surface area contributed by atoms with Gasteiger partial charge in [-0.2, -0.15) is 20.1 Å². The van der Waals surface area contributed by atoms with Gasteiger partial charge in [-0.15, -0.1) is 0 Å². The average molecular weight is 629 g/mol. The van der Waals surface area contributed by atoms with Gasteiger partial charge in [0.2, 0.25) is 17.8 Å². The molecule has 0 fully saturated rings. The molecule has 12 heteroatoms. The lowest BCUT2D eigenvalue weighted by Gasteiger charge is -2.11. The summed E-state index contributed by atoms with van der Waals surface area (Å²) in [4.78, 5) is 13.3. The highest BCUT2D eigenvalue weighted by Crippen LogP contribution is 2.32. The number of anilines is 4. The van der Waals surface area contributed by atoms with Gasteiger partial charge in [0.25, 0.3) is 0 Å². The van der Waals surface area contributed by atoms with E-state index in [2.05, 4.69) is 74.6 Å². The van der Waals surface area contributed by atoms with E-state index in [9.17, 15) is 0 Å². The largest absolute Gasteiger partial charge is 0.497 e. The van der Waals surface area contributed by atoms with Crippen molar-refractivity contribution in [2.75, 3.05) is 29.8 Å². The van der Waals surface area contributed by atoms with E-state index in [0.717, 1.165) is 31.7 Å². The number of nitrogens with zero attached hydrogens (tertiary/aromatic N) is 4. The number of benzene rings is 2. The Morgan fingerprint density at radius 3 is 2.57 bits per heavy atom. The number of furan rings is 1. The fraction of sp³-hybridized carbons (Fsp3) is 0.120. The Morgan fingerprint density at radius 2 is 1.84 bits per heavy atom. The highest BCUT2D eigenvalue weighted by atomic mass is 79.9. The van der Waals surface area contributed by atoms with Crippen LogP contribution in [0.4, 0.5) is 23.5 Å². The van der Waals surface area contributed by atoms with Gasteiger partial charge in [-0.1, -0.05) is 28.6 Å². The average Bonchev–Trinajstić information content (AvgIpc) is 3.41. The number of hydrazone groups is 1. The van der Waals surface area contributed by atoms with Crippen LogP contribution in [0.5, 0.6) is 11.5 Å². The summed E-state index contributed by atoms with van der Waals surface area (Å²) in [5.74, 6) is 3.00. The molecular weight excluding hydrogens is 606 g/mol. The van der Waals surface area contributed by atoms with Crippen LogP contribution < -0.4 is 25.5 Å². The summed E-state index contributed by atoms with van der Waals surface area (Å²) < 4.78 is 18.0. The maximum atomic E-state index is 5.78. The molecule has 10 nitrogen and oxygen atoms in total. The van der Waals surface area contributed by atoms with E-state index in [4.69, 9.17) is 13.9 Å². The van der Waals surface area contributed by atoms with E-state index in [1.54, 1.807) is 25.7 Å². The lowest BCUT2D eigenvalue weighted by Crippen LogP contribution is -2.09. The molecule has 0 saturated heterocycles. The molecule has 2 aromatic carbocycles. The summed E-state index contributed by atoms with van der Waals surface area (Å²) in [5.41, 5.74) is 4.38. The van der Waals surface area contributed by atoms with Crippen molar-refractivity contribution in [2.24, 2.45) is 5.10 Å². The zero-order chi connectivity index (χ0) is 26.0. The molecule has 0 saturated carbocycles. The molecule has 4 aromatic rings. The third-order valence-electron chi connectivity index (χ3n) is 4.73. The molecule has 0 amide bonds. The number of methoxy groups -OCH3 is 1. The molecule has 2 aromatic heterocycles. The molecule has 0 unspecified atom stereocenters. The second kappa shape index (κ2) is 12.9. The predicted octanol–water partition coefficient (Wildman–Crippen LogP) is 6.36. The SMILES string of the molecule is C=CCOc1c(Br)cc(Br)cc1/C=N\Nc1nc(NCc2ccco2)nc(Nc2ccc(OC)cc2)n1. The van der Waals surface area contributed by atoms with Gasteiger partial charge < -0.3 is 24.5 Å². The number of ether oxygens (including phenoxy) is 2. The summed E-state index contributed by atoms with van der Waals surface area (Å²) in [6.45, 7) is 4.45. The number of hydrogen-bond acceptors (Lipinski definition) is 10. The van der Waals surface area contributed by atoms with Crippen LogP contribution in [0.2, 0.25) is 0 Å². The second-order valence-corrected chi connectivity index (χ2v) is 9.14. The van der Waals surface area contributed by atoms with Gasteiger partial charge in [-0.05, 0) is 64.5 Å². The monoisotopic (exact) mass is 627 g/mol. The third kappa shape index (κ3) is 7.54. The standard InChI is InChI=1S/C25H23Br2N7O3/c1-3-10-37-22-16(12-17(26)13-21(22)27)14-29-34-25-32-23(28-15-20-5-4-11-36-20)31-24(33-25)30-18-6-8-19(35-2)9-7-18/h3-9,11-14H,1,10,15H2,2H3,(H3,28,30,31,32,33,34)/b29-14-. The van der Waals surface area contributed by atoms with E-state index < -0.39 is 0 Å². The molecule has 0 spiro atoms. The van der Waals surface area contributed by atoms with Crippen molar-refractivity contribution >= 4 is 61.6 Å². The fourth-order valence-corrected chi connectivity index (χ4v) is 4.45. The van der Waals surface area contributed by atoms with Crippen LogP contribution in [0.25, 0.3) is 0 Å². The molecule has 4 rings (SSSR count). The van der Waals surface area contributed by atoms with Crippen molar-refractivity contribution in [3.63, 3.8) is 0 Å². The Kier molecular flexibility index (Phi) is 9.11. The highest BCUT2D eigenvalue weighted by Gasteiger charge is 2.10. The van der Waals surface area contributed by atoms with Gasteiger partial charge in [-0.25, -0.2) is 5.43 Å². The van der Waals surface area contributed by atoms with E-state index in [0.29, 0.717) is 30.8 Å². The Bertz CT molecular complexity index is 1360. The summed E-state index contributed by atoms with van der Waals surface area (Å²) >= 11 is 7.01. The van der Waals surface area contributed by atoms with Crippen LogP contribution in [0.3, 0.4) is 0 Å². The number of halogens is 2. The third-order valence-corrected chi connectivity index (χ3v) is 5.78. The molecule has 190 valence electrons. The highest BCUT2D eigenvalue weighted by molar-refractivity contribution is 9.11. The van der Waals surface area contributed by atoms with Crippen LogP contribution in [-0.4, -0.2) is 34.9 Å². The molecule has 0 aliphatic heterocycles. The van der Waals surface area contributed by atoms with E-state index in [1.165, 1.54) is 0 Å². The number of hydrogen-bond donors (Lipinski definition) is 3. The van der Waals surface area contributed by atoms with Gasteiger partial charge in [0.05, 0.1) is 30.6 Å². The number of nitrogens with one attached hydrogen (secondary N) is 3. The van der Waals surface area contributed by atoms with Crippen LogP contribution in [0.15, 0.2) is 85.9 Å². The van der Waals surface area contributed by atoms with Gasteiger partial charge >= 0.3 is 0 Å². The minimum absolute atomic E-state index is 0.229. The smallest absolute Gasteiger partial charge is 0.250 e. The van der Waals surface area contributed by atoms with Gasteiger partial charge in [0.1, 0.15) is 23.9 Å². The summed E-state index contributed by atoms with van der Waals surface area (Å²) in [7, 11) is 1.62. The quantitative estimate of drug-likeness (QED) is 0.0934. The Morgan fingerprint density at radius 1 is 1.05 bits per heavy atom. The first kappa shape index (κ1) is 26.2. The fourth-order valence-electron chi connectivity index (χ4n) is 3.07. The minimum atomic E-state index is 0.229. The van der Waals surface area contributed by atoms with Crippen molar-refractivity contribution in [1.82, 2.24) is 15.0 Å². The van der Waals surface area contributed by atoms with E-state index >= 15 is 0 Å². The summed E-state index contributed by atoms with van der Waals surface area (Å²) in [6.07, 6.45) is 4.90. The van der Waals surface area contributed by atoms with Gasteiger partial charge in [0.15, 0.2) is 0 Å². The Labute approximate surface area is 230 Å².